The van der Waals surface area contributed by atoms with Crippen LogP contribution < -0.4 is 4.90 Å². The zero-order chi connectivity index (χ0) is 54.1. The molecule has 0 bridgehead atoms. The molecular formula is C51H82Cl2N6O14. The van der Waals surface area contributed by atoms with E-state index in [-0.39, 0.29) is 38.3 Å². The van der Waals surface area contributed by atoms with Gasteiger partial charge in [-0.05, 0) is 106 Å². The van der Waals surface area contributed by atoms with Crippen molar-refractivity contribution in [1.82, 2.24) is 24.8 Å². The van der Waals surface area contributed by atoms with Crippen LogP contribution >= 0.6 is 23.2 Å². The number of carbonyl (C=O) groups excluding carboxylic acids is 2. The molecule has 4 aliphatic heterocycles. The molecule has 6 rings (SSSR count). The van der Waals surface area contributed by atoms with Gasteiger partial charge in [0.1, 0.15) is 36.1 Å². The number of ether oxygens (including phenoxy) is 7. The number of cyclic esters (lactones) is 2. The molecular weight excluding hydrogens is 991 g/mol. The van der Waals surface area contributed by atoms with Gasteiger partial charge < -0.3 is 68.5 Å². The minimum absolute atomic E-state index is 0.0871. The third-order valence-electron chi connectivity index (χ3n) is 15.9. The van der Waals surface area contributed by atoms with Gasteiger partial charge in [-0.3, -0.25) is 9.69 Å². The molecule has 4 saturated heterocycles. The maximum absolute atomic E-state index is 14.5. The van der Waals surface area contributed by atoms with E-state index in [1.807, 2.05) is 37.7 Å². The van der Waals surface area contributed by atoms with E-state index in [0.29, 0.717) is 47.4 Å². The summed E-state index contributed by atoms with van der Waals surface area (Å²) in [6, 6.07) is 3.89. The molecule has 0 spiro atoms. The van der Waals surface area contributed by atoms with Crippen molar-refractivity contribution in [3.8, 4) is 0 Å². The number of aromatic nitrogens is 3. The number of nitrogens with zero attached hydrogens (tertiary/aromatic N) is 6. The molecule has 5 N–H and O–H groups in total. The summed E-state index contributed by atoms with van der Waals surface area (Å²) in [5, 5.41) is 69.1. The van der Waals surface area contributed by atoms with Gasteiger partial charge in [0, 0.05) is 62.9 Å². The van der Waals surface area contributed by atoms with E-state index in [1.165, 1.54) is 18.9 Å². The van der Waals surface area contributed by atoms with Gasteiger partial charge in [0.2, 0.25) is 0 Å². The lowest BCUT2D eigenvalue weighted by Crippen LogP contribution is -2.61. The van der Waals surface area contributed by atoms with Crippen molar-refractivity contribution in [3.05, 3.63) is 40.1 Å². The molecule has 4 fully saturated rings. The Morgan fingerprint density at radius 1 is 0.932 bits per heavy atom. The first-order chi connectivity index (χ1) is 34.1. The molecule has 20 nitrogen and oxygen atoms in total. The third-order valence-corrected chi connectivity index (χ3v) is 16.6. The average Bonchev–Trinajstić information content (AvgIpc) is 3.94. The SMILES string of the molecule is CC[C@H]1OC(=O)[C@H](C)[C@@H](O[C@H]2C[C@@](C)(OC)[C@@H](O)[C@H](C)O2)[C@H](C)[C@@H](O[C@@H]2O[C@H](C)C[C@H](N(C)CCc3cn(C[C@H]4CN(c5ccc(Cl)c(Cl)c5)C(=O)O4)nn3)[C@H]2O)[C@](C)(O)C[C@@H](C)CN(C)[C@H](C)[C@@H](O)[C@]1(C)O. The molecule has 73 heavy (non-hydrogen) atoms. The fourth-order valence-electron chi connectivity index (χ4n) is 11.3. The second-order valence-electron chi connectivity index (χ2n) is 22.1. The molecule has 1 aromatic carbocycles. The highest BCUT2D eigenvalue weighted by Crippen LogP contribution is 2.41. The number of hydrogen-bond acceptors (Lipinski definition) is 18. The number of benzene rings is 1. The Labute approximate surface area is 440 Å². The number of carbonyl (C=O) groups is 2. The number of esters is 1. The first-order valence-electron chi connectivity index (χ1n) is 25.7. The van der Waals surface area contributed by atoms with Crippen LogP contribution in [0.3, 0.4) is 0 Å². The Morgan fingerprint density at radius 2 is 1.63 bits per heavy atom. The number of rotatable bonds is 13. The Balaban J connectivity index is 1.23. The van der Waals surface area contributed by atoms with E-state index in [0.717, 1.165) is 0 Å². The number of likely N-dealkylation sites (N-methyl/N-ethyl adjacent to an activating group) is 2. The summed E-state index contributed by atoms with van der Waals surface area (Å²) in [7, 11) is 5.22. The fourth-order valence-corrected chi connectivity index (χ4v) is 11.6. The fraction of sp³-hybridized carbons (Fsp3) is 0.804. The van der Waals surface area contributed by atoms with Crippen LogP contribution in [0.4, 0.5) is 10.5 Å². The van der Waals surface area contributed by atoms with Crippen molar-refractivity contribution in [2.75, 3.05) is 45.7 Å². The summed E-state index contributed by atoms with van der Waals surface area (Å²) >= 11 is 12.3. The molecule has 2 aromatic rings. The summed E-state index contributed by atoms with van der Waals surface area (Å²) in [6.07, 6.45) is -8.07. The summed E-state index contributed by atoms with van der Waals surface area (Å²) in [6.45, 7) is 18.9. The van der Waals surface area contributed by atoms with Crippen molar-refractivity contribution < 1.29 is 68.3 Å². The zero-order valence-corrected chi connectivity index (χ0v) is 46.3. The van der Waals surface area contributed by atoms with Crippen LogP contribution in [-0.4, -0.2) is 200 Å². The lowest BCUT2D eigenvalue weighted by atomic mass is 9.77. The second kappa shape index (κ2) is 24.3. The Bertz CT molecular complexity index is 2160. The topological polar surface area (TPSA) is 240 Å². The Kier molecular flexibility index (Phi) is 19.7. The number of halogens is 2. The monoisotopic (exact) mass is 1070 g/mol. The molecule has 414 valence electrons. The molecule has 1 amide bonds. The van der Waals surface area contributed by atoms with Gasteiger partial charge in [-0.1, -0.05) is 49.2 Å². The third kappa shape index (κ3) is 13.7. The van der Waals surface area contributed by atoms with Crippen LogP contribution in [0.2, 0.25) is 10.0 Å². The predicted octanol–water partition coefficient (Wildman–Crippen LogP) is 4.44. The number of aliphatic hydroxyl groups excluding tert-OH is 3. The molecule has 4 aliphatic rings. The van der Waals surface area contributed by atoms with Gasteiger partial charge in [-0.25, -0.2) is 9.48 Å². The van der Waals surface area contributed by atoms with Crippen LogP contribution in [-0.2, 0) is 50.9 Å². The van der Waals surface area contributed by atoms with Crippen LogP contribution in [0.1, 0.15) is 101 Å². The van der Waals surface area contributed by atoms with Gasteiger partial charge >= 0.3 is 12.1 Å². The van der Waals surface area contributed by atoms with Crippen LogP contribution in [0, 0.1) is 17.8 Å². The average molecular weight is 1070 g/mol. The largest absolute Gasteiger partial charge is 0.459 e. The zero-order valence-electron chi connectivity index (χ0n) is 44.8. The minimum atomic E-state index is -1.85. The van der Waals surface area contributed by atoms with E-state index < -0.39 is 120 Å². The van der Waals surface area contributed by atoms with Crippen molar-refractivity contribution in [2.24, 2.45) is 17.8 Å². The molecule has 0 saturated carbocycles. The lowest BCUT2D eigenvalue weighted by Gasteiger charge is -2.49. The molecule has 0 aliphatic carbocycles. The second-order valence-corrected chi connectivity index (χ2v) is 22.9. The number of hydrogen-bond donors (Lipinski definition) is 5. The molecule has 5 heterocycles. The van der Waals surface area contributed by atoms with E-state index in [1.54, 1.807) is 77.5 Å². The summed E-state index contributed by atoms with van der Waals surface area (Å²) < 4.78 is 45.5. The van der Waals surface area contributed by atoms with Gasteiger partial charge in [0.05, 0.1) is 70.4 Å². The maximum Gasteiger partial charge on any atom is 0.414 e. The molecule has 0 unspecified atom stereocenters. The van der Waals surface area contributed by atoms with Gasteiger partial charge in [-0.15, -0.1) is 5.10 Å². The molecule has 1 aromatic heterocycles. The van der Waals surface area contributed by atoms with Gasteiger partial charge in [0.25, 0.3) is 0 Å². The van der Waals surface area contributed by atoms with Gasteiger partial charge in [-0.2, -0.15) is 0 Å². The first kappa shape index (κ1) is 59.4. The maximum atomic E-state index is 14.5. The van der Waals surface area contributed by atoms with Crippen molar-refractivity contribution in [2.45, 2.75) is 204 Å². The summed E-state index contributed by atoms with van der Waals surface area (Å²) in [5.74, 6) is -2.85. The molecule has 0 radical (unpaired) electrons. The van der Waals surface area contributed by atoms with Crippen molar-refractivity contribution in [1.29, 1.82) is 0 Å². The Morgan fingerprint density at radius 3 is 2.29 bits per heavy atom. The quantitative estimate of drug-likeness (QED) is 0.174. The molecule has 22 heteroatoms. The highest BCUT2D eigenvalue weighted by Gasteiger charge is 2.53. The highest BCUT2D eigenvalue weighted by molar-refractivity contribution is 6.42. The summed E-state index contributed by atoms with van der Waals surface area (Å²) in [4.78, 5) is 32.7. The van der Waals surface area contributed by atoms with E-state index in [9.17, 15) is 35.1 Å². The number of aliphatic hydroxyl groups is 5. The lowest BCUT2D eigenvalue weighted by molar-refractivity contribution is -0.318. The Hall–Kier alpha value is -2.80. The summed E-state index contributed by atoms with van der Waals surface area (Å²) in [5.41, 5.74) is -3.32. The number of anilines is 1. The van der Waals surface area contributed by atoms with Crippen LogP contribution in [0.25, 0.3) is 0 Å². The van der Waals surface area contributed by atoms with Crippen molar-refractivity contribution in [3.63, 3.8) is 0 Å². The van der Waals surface area contributed by atoms with Crippen LogP contribution in [0.5, 0.6) is 0 Å². The van der Waals surface area contributed by atoms with E-state index in [4.69, 9.17) is 56.4 Å². The smallest absolute Gasteiger partial charge is 0.414 e. The van der Waals surface area contributed by atoms with Crippen LogP contribution in [0.15, 0.2) is 24.4 Å². The first-order valence-corrected chi connectivity index (χ1v) is 26.4. The highest BCUT2D eigenvalue weighted by atomic mass is 35.5. The number of amides is 1. The minimum Gasteiger partial charge on any atom is -0.459 e. The standard InChI is InChI=1S/C51H82Cl2N6O14/c1-14-39-51(10,66)43(61)31(6)57(12)23-27(2)21-49(8,65)45(29(4)42(30(5)46(63)71-39)72-40-22-50(9,67-13)44(62)32(7)69-40)73-47-41(60)38(19-28(3)68-47)56(11)18-17-33-24-58(55-54-33)25-35-26-59(48(64)70-35)34-15-16-36(52)37(53)20-34/h15-16,20,24,27-32,35,38-45,47,60-62,65-66H,14,17-19,21-23,25-26H2,1-13H3/t27-,28-,29+,30-,31-,32+,35+,38+,39-,40+,41-,42+,43-,44+,45-,47+,49-,50-,51-/m1/s1. The predicted molar refractivity (Wildman–Crippen MR) is 271 cm³/mol. The van der Waals surface area contributed by atoms with Crippen molar-refractivity contribution >= 4 is 41.0 Å². The van der Waals surface area contributed by atoms with Gasteiger partial charge in [0.15, 0.2) is 12.6 Å². The van der Waals surface area contributed by atoms with E-state index in [2.05, 4.69) is 10.3 Å². The number of methoxy groups -OCH3 is 1. The van der Waals surface area contributed by atoms with E-state index >= 15 is 0 Å². The normalized spacial score (nSPS) is 40.8. The molecule has 19 atom stereocenters.